The van der Waals surface area contributed by atoms with Crippen LogP contribution < -0.4 is 10.6 Å². The van der Waals surface area contributed by atoms with Gasteiger partial charge in [0.1, 0.15) is 0 Å². The Morgan fingerprint density at radius 3 is 2.23 bits per heavy atom. The van der Waals surface area contributed by atoms with Crippen molar-refractivity contribution in [3.05, 3.63) is 63.6 Å². The van der Waals surface area contributed by atoms with E-state index in [1.54, 1.807) is 36.4 Å². The maximum atomic E-state index is 12.1. The third-order valence-electron chi connectivity index (χ3n) is 3.56. The lowest BCUT2D eigenvalue weighted by Crippen LogP contribution is -2.40. The minimum Gasteiger partial charge on any atom is -0.347 e. The maximum absolute atomic E-state index is 12.1. The molecule has 0 aliphatic heterocycles. The molecule has 0 bridgehead atoms. The van der Waals surface area contributed by atoms with Gasteiger partial charge in [0.05, 0.1) is 0 Å². The van der Waals surface area contributed by atoms with E-state index in [4.69, 9.17) is 23.2 Å². The van der Waals surface area contributed by atoms with E-state index in [0.717, 1.165) is 5.56 Å². The number of halogens is 2. The molecule has 0 aliphatic carbocycles. The molecule has 0 radical (unpaired) electrons. The summed E-state index contributed by atoms with van der Waals surface area (Å²) in [7, 11) is 0. The van der Waals surface area contributed by atoms with Crippen molar-refractivity contribution in [3.8, 4) is 0 Å². The normalized spacial score (nSPS) is 11.1. The Morgan fingerprint density at radius 1 is 1.00 bits per heavy atom. The number of carbonyl (C=O) groups is 2. The minimum absolute atomic E-state index is 0.122. The van der Waals surface area contributed by atoms with E-state index >= 15 is 0 Å². The van der Waals surface area contributed by atoms with Gasteiger partial charge in [-0.15, -0.1) is 0 Å². The summed E-state index contributed by atoms with van der Waals surface area (Å²) in [4.78, 5) is 24.2. The molecule has 0 saturated carbocycles. The first-order chi connectivity index (χ1) is 12.1. The zero-order valence-corrected chi connectivity index (χ0v) is 16.5. The van der Waals surface area contributed by atoms with Crippen molar-refractivity contribution in [2.24, 2.45) is 0 Å². The Bertz CT molecular complexity index is 796. The van der Waals surface area contributed by atoms with Gasteiger partial charge in [-0.3, -0.25) is 9.59 Å². The van der Waals surface area contributed by atoms with Crippen molar-refractivity contribution in [2.75, 3.05) is 5.32 Å². The van der Waals surface area contributed by atoms with Crippen LogP contribution in [0.1, 0.15) is 43.1 Å². The molecule has 2 aromatic rings. The van der Waals surface area contributed by atoms with E-state index in [1.165, 1.54) is 0 Å². The van der Waals surface area contributed by atoms with Crippen molar-refractivity contribution in [3.63, 3.8) is 0 Å². The number of nitrogens with one attached hydrogen (secondary N) is 2. The smallest absolute Gasteiger partial charge is 0.251 e. The van der Waals surface area contributed by atoms with E-state index < -0.39 is 0 Å². The van der Waals surface area contributed by atoms with Crippen LogP contribution in [0, 0.1) is 0 Å². The highest BCUT2D eigenvalue weighted by Gasteiger charge is 2.15. The zero-order valence-electron chi connectivity index (χ0n) is 15.0. The summed E-state index contributed by atoms with van der Waals surface area (Å²) < 4.78 is 0. The number of benzene rings is 2. The Morgan fingerprint density at radius 2 is 1.65 bits per heavy atom. The molecule has 6 heteroatoms. The topological polar surface area (TPSA) is 58.2 Å². The summed E-state index contributed by atoms with van der Waals surface area (Å²) in [5, 5.41) is 6.84. The van der Waals surface area contributed by atoms with Crippen molar-refractivity contribution >= 4 is 40.7 Å². The summed E-state index contributed by atoms with van der Waals surface area (Å²) in [6.07, 6.45) is 0.821. The lowest BCUT2D eigenvalue weighted by atomic mass is 10.1. The van der Waals surface area contributed by atoms with Gasteiger partial charge >= 0.3 is 0 Å². The van der Waals surface area contributed by atoms with Gasteiger partial charge < -0.3 is 10.6 Å². The van der Waals surface area contributed by atoms with E-state index in [2.05, 4.69) is 10.6 Å². The zero-order chi connectivity index (χ0) is 19.3. The number of carbonyl (C=O) groups excluding carboxylic acids is 2. The number of aryl methyl sites for hydroxylation is 1. The first kappa shape index (κ1) is 20.3. The van der Waals surface area contributed by atoms with Gasteiger partial charge in [0, 0.05) is 33.3 Å². The molecule has 0 unspecified atom stereocenters. The van der Waals surface area contributed by atoms with E-state index in [0.29, 0.717) is 34.1 Å². The number of hydrogen-bond donors (Lipinski definition) is 2. The highest BCUT2D eigenvalue weighted by Crippen LogP contribution is 2.22. The second-order valence-electron chi connectivity index (χ2n) is 7.07. The van der Waals surface area contributed by atoms with Crippen LogP contribution in [0.2, 0.25) is 10.0 Å². The average Bonchev–Trinajstić information content (AvgIpc) is 2.53. The van der Waals surface area contributed by atoms with Crippen LogP contribution in [0.25, 0.3) is 0 Å². The summed E-state index contributed by atoms with van der Waals surface area (Å²) in [6, 6.07) is 12.0. The fourth-order valence-corrected chi connectivity index (χ4v) is 2.82. The Labute approximate surface area is 163 Å². The Balaban J connectivity index is 1.90. The molecule has 2 rings (SSSR count). The fraction of sp³-hybridized carbons (Fsp3) is 0.300. The lowest BCUT2D eigenvalue weighted by molar-refractivity contribution is -0.116. The standard InChI is InChI=1S/C20H22Cl2N2O2/c1-20(2,3)24-19(26)14-5-9-16(10-6-14)23-18(25)11-7-13-4-8-15(21)12-17(13)22/h4-6,8-10,12H,7,11H2,1-3H3,(H,23,25)(H,24,26). The molecule has 0 aromatic heterocycles. The molecule has 138 valence electrons. The predicted molar refractivity (Wildman–Crippen MR) is 107 cm³/mol. The highest BCUT2D eigenvalue weighted by atomic mass is 35.5. The summed E-state index contributed by atoms with van der Waals surface area (Å²) >= 11 is 12.0. The molecular formula is C20H22Cl2N2O2. The van der Waals surface area contributed by atoms with Gasteiger partial charge in [-0.05, 0) is 69.2 Å². The Kier molecular flexibility index (Phi) is 6.68. The van der Waals surface area contributed by atoms with Crippen LogP contribution >= 0.6 is 23.2 Å². The summed E-state index contributed by atoms with van der Waals surface area (Å²) in [5.74, 6) is -0.268. The first-order valence-electron chi connectivity index (χ1n) is 8.30. The number of anilines is 1. The number of hydrogen-bond acceptors (Lipinski definition) is 2. The monoisotopic (exact) mass is 392 g/mol. The quantitative estimate of drug-likeness (QED) is 0.743. The molecule has 4 nitrogen and oxygen atoms in total. The van der Waals surface area contributed by atoms with Crippen LogP contribution in [0.15, 0.2) is 42.5 Å². The molecule has 0 saturated heterocycles. The van der Waals surface area contributed by atoms with Crippen LogP contribution in [0.4, 0.5) is 5.69 Å². The van der Waals surface area contributed by atoms with Crippen LogP contribution in [-0.4, -0.2) is 17.4 Å². The van der Waals surface area contributed by atoms with Crippen molar-refractivity contribution in [1.29, 1.82) is 0 Å². The third kappa shape index (κ3) is 6.36. The minimum atomic E-state index is -0.299. The van der Waals surface area contributed by atoms with Crippen molar-refractivity contribution in [2.45, 2.75) is 39.2 Å². The molecule has 0 spiro atoms. The van der Waals surface area contributed by atoms with Gasteiger partial charge in [-0.25, -0.2) is 0 Å². The molecule has 0 atom stereocenters. The molecule has 26 heavy (non-hydrogen) atoms. The Hall–Kier alpha value is -2.04. The van der Waals surface area contributed by atoms with Gasteiger partial charge in [0.2, 0.25) is 5.91 Å². The summed E-state index contributed by atoms with van der Waals surface area (Å²) in [5.41, 5.74) is 1.77. The SMILES string of the molecule is CC(C)(C)NC(=O)c1ccc(NC(=O)CCc2ccc(Cl)cc2Cl)cc1. The summed E-state index contributed by atoms with van der Waals surface area (Å²) in [6.45, 7) is 5.77. The largest absolute Gasteiger partial charge is 0.347 e. The third-order valence-corrected chi connectivity index (χ3v) is 4.14. The number of rotatable bonds is 5. The van der Waals surface area contributed by atoms with Gasteiger partial charge in [0.25, 0.3) is 5.91 Å². The van der Waals surface area contributed by atoms with E-state index in [-0.39, 0.29) is 17.4 Å². The van der Waals surface area contributed by atoms with Gasteiger partial charge in [-0.1, -0.05) is 29.3 Å². The van der Waals surface area contributed by atoms with Gasteiger partial charge in [-0.2, -0.15) is 0 Å². The van der Waals surface area contributed by atoms with Crippen LogP contribution in [0.3, 0.4) is 0 Å². The van der Waals surface area contributed by atoms with Gasteiger partial charge in [0.15, 0.2) is 0 Å². The van der Waals surface area contributed by atoms with Crippen LogP contribution in [0.5, 0.6) is 0 Å². The molecule has 0 fully saturated rings. The lowest BCUT2D eigenvalue weighted by Gasteiger charge is -2.20. The molecule has 2 aromatic carbocycles. The number of amides is 2. The maximum Gasteiger partial charge on any atom is 0.251 e. The molecular weight excluding hydrogens is 371 g/mol. The van der Waals surface area contributed by atoms with Crippen molar-refractivity contribution in [1.82, 2.24) is 5.32 Å². The van der Waals surface area contributed by atoms with Crippen LogP contribution in [-0.2, 0) is 11.2 Å². The predicted octanol–water partition coefficient (Wildman–Crippen LogP) is 5.09. The molecule has 2 amide bonds. The average molecular weight is 393 g/mol. The van der Waals surface area contributed by atoms with E-state index in [9.17, 15) is 9.59 Å². The fourth-order valence-electron chi connectivity index (χ4n) is 2.31. The molecule has 2 N–H and O–H groups in total. The van der Waals surface area contributed by atoms with E-state index in [1.807, 2.05) is 26.8 Å². The highest BCUT2D eigenvalue weighted by molar-refractivity contribution is 6.35. The molecule has 0 aliphatic rings. The second kappa shape index (κ2) is 8.56. The first-order valence-corrected chi connectivity index (χ1v) is 9.06. The molecule has 0 heterocycles. The van der Waals surface area contributed by atoms with Crippen molar-refractivity contribution < 1.29 is 9.59 Å². The second-order valence-corrected chi connectivity index (χ2v) is 7.91.